The van der Waals surface area contributed by atoms with E-state index in [0.717, 1.165) is 5.56 Å². The molecule has 0 saturated heterocycles. The number of pyridine rings is 1. The van der Waals surface area contributed by atoms with E-state index in [2.05, 4.69) is 20.3 Å². The maximum absolute atomic E-state index is 8.91. The number of aliphatic hydroxyl groups is 1. The van der Waals surface area contributed by atoms with Crippen LogP contribution in [-0.4, -0.2) is 27.1 Å². The molecule has 0 aliphatic heterocycles. The summed E-state index contributed by atoms with van der Waals surface area (Å²) in [6.45, 7) is -0.0754. The number of hydrogen-bond donors (Lipinski definition) is 3. The SMILES string of the molecule is CNc1cc(-c2ccc(CO)nc2)nc(N)n1. The number of nitrogens with one attached hydrogen (secondary N) is 1. The first-order valence-corrected chi connectivity index (χ1v) is 5.11. The van der Waals surface area contributed by atoms with Crippen molar-refractivity contribution in [2.45, 2.75) is 6.61 Å². The van der Waals surface area contributed by atoms with Gasteiger partial charge in [0.2, 0.25) is 5.95 Å². The molecule has 2 aromatic rings. The van der Waals surface area contributed by atoms with Crippen molar-refractivity contribution in [3.63, 3.8) is 0 Å². The lowest BCUT2D eigenvalue weighted by atomic mass is 10.2. The maximum Gasteiger partial charge on any atom is 0.222 e. The molecule has 0 aliphatic rings. The highest BCUT2D eigenvalue weighted by atomic mass is 16.3. The molecule has 6 nitrogen and oxygen atoms in total. The second-order valence-electron chi connectivity index (χ2n) is 3.44. The van der Waals surface area contributed by atoms with E-state index in [1.807, 2.05) is 6.07 Å². The van der Waals surface area contributed by atoms with Crippen molar-refractivity contribution in [3.8, 4) is 11.3 Å². The van der Waals surface area contributed by atoms with Crippen LogP contribution >= 0.6 is 0 Å². The fourth-order valence-electron chi connectivity index (χ4n) is 1.41. The summed E-state index contributed by atoms with van der Waals surface area (Å²) < 4.78 is 0. The normalized spacial score (nSPS) is 10.2. The molecule has 0 radical (unpaired) electrons. The van der Waals surface area contributed by atoms with Crippen LogP contribution in [0.3, 0.4) is 0 Å². The molecular weight excluding hydrogens is 218 g/mol. The molecule has 0 aromatic carbocycles. The van der Waals surface area contributed by atoms with Crippen LogP contribution in [0.15, 0.2) is 24.4 Å². The first kappa shape index (κ1) is 11.3. The third kappa shape index (κ3) is 2.48. The largest absolute Gasteiger partial charge is 0.390 e. The van der Waals surface area contributed by atoms with Gasteiger partial charge in [0.25, 0.3) is 0 Å². The second kappa shape index (κ2) is 4.75. The Balaban J connectivity index is 2.41. The molecule has 2 rings (SSSR count). The lowest BCUT2D eigenvalue weighted by molar-refractivity contribution is 0.277. The topological polar surface area (TPSA) is 97.0 Å². The molecule has 0 spiro atoms. The molecule has 0 atom stereocenters. The minimum atomic E-state index is -0.0754. The highest BCUT2D eigenvalue weighted by Gasteiger charge is 2.04. The summed E-state index contributed by atoms with van der Waals surface area (Å²) >= 11 is 0. The van der Waals surface area contributed by atoms with Crippen molar-refractivity contribution in [1.82, 2.24) is 15.0 Å². The van der Waals surface area contributed by atoms with Crippen LogP contribution in [0.25, 0.3) is 11.3 Å². The molecule has 6 heteroatoms. The zero-order valence-electron chi connectivity index (χ0n) is 9.38. The third-order valence-electron chi connectivity index (χ3n) is 2.28. The van der Waals surface area contributed by atoms with Gasteiger partial charge in [0.1, 0.15) is 5.82 Å². The highest BCUT2D eigenvalue weighted by Crippen LogP contribution is 2.19. The van der Waals surface area contributed by atoms with Crippen LogP contribution in [0, 0.1) is 0 Å². The van der Waals surface area contributed by atoms with Gasteiger partial charge in [0.05, 0.1) is 18.0 Å². The highest BCUT2D eigenvalue weighted by molar-refractivity contribution is 5.63. The van der Waals surface area contributed by atoms with E-state index in [-0.39, 0.29) is 12.6 Å². The standard InChI is InChI=1S/C11H13N5O/c1-13-10-4-9(15-11(12)16-10)7-2-3-8(6-17)14-5-7/h2-5,17H,6H2,1H3,(H3,12,13,15,16). The fraction of sp³-hybridized carbons (Fsp3) is 0.182. The number of anilines is 2. The summed E-state index contributed by atoms with van der Waals surface area (Å²) in [6.07, 6.45) is 1.65. The van der Waals surface area contributed by atoms with Gasteiger partial charge >= 0.3 is 0 Å². The van der Waals surface area contributed by atoms with Crippen LogP contribution in [0.4, 0.5) is 11.8 Å². The molecule has 0 saturated carbocycles. The summed E-state index contributed by atoms with van der Waals surface area (Å²) in [4.78, 5) is 12.2. The van der Waals surface area contributed by atoms with Crippen LogP contribution in [0.1, 0.15) is 5.69 Å². The smallest absolute Gasteiger partial charge is 0.222 e. The van der Waals surface area contributed by atoms with Crippen molar-refractivity contribution in [3.05, 3.63) is 30.1 Å². The third-order valence-corrected chi connectivity index (χ3v) is 2.28. The number of rotatable bonds is 3. The Bertz CT molecular complexity index is 512. The Kier molecular flexibility index (Phi) is 3.15. The quantitative estimate of drug-likeness (QED) is 0.717. The molecule has 4 N–H and O–H groups in total. The van der Waals surface area contributed by atoms with E-state index in [4.69, 9.17) is 10.8 Å². The molecule has 0 fully saturated rings. The minimum Gasteiger partial charge on any atom is -0.390 e. The minimum absolute atomic E-state index is 0.0754. The number of nitrogen functional groups attached to an aromatic ring is 1. The van der Waals surface area contributed by atoms with E-state index in [1.54, 1.807) is 25.4 Å². The fourth-order valence-corrected chi connectivity index (χ4v) is 1.41. The van der Waals surface area contributed by atoms with Crippen molar-refractivity contribution in [1.29, 1.82) is 0 Å². The van der Waals surface area contributed by atoms with E-state index in [0.29, 0.717) is 17.2 Å². The monoisotopic (exact) mass is 231 g/mol. The molecule has 0 bridgehead atoms. The van der Waals surface area contributed by atoms with Crippen molar-refractivity contribution in [2.24, 2.45) is 0 Å². The summed E-state index contributed by atoms with van der Waals surface area (Å²) in [7, 11) is 1.76. The summed E-state index contributed by atoms with van der Waals surface area (Å²) in [5.41, 5.74) is 7.74. The average molecular weight is 231 g/mol. The van der Waals surface area contributed by atoms with E-state index < -0.39 is 0 Å². The van der Waals surface area contributed by atoms with Gasteiger partial charge in [-0.3, -0.25) is 4.98 Å². The van der Waals surface area contributed by atoms with Crippen LogP contribution in [0.5, 0.6) is 0 Å². The number of hydrogen-bond acceptors (Lipinski definition) is 6. The average Bonchev–Trinajstić information content (AvgIpc) is 2.38. The Hall–Kier alpha value is -2.21. The van der Waals surface area contributed by atoms with Gasteiger partial charge in [-0.2, -0.15) is 4.98 Å². The Labute approximate surface area is 98.6 Å². The van der Waals surface area contributed by atoms with Crippen LogP contribution in [0.2, 0.25) is 0 Å². The van der Waals surface area contributed by atoms with Gasteiger partial charge in [-0.05, 0) is 12.1 Å². The van der Waals surface area contributed by atoms with Crippen molar-refractivity contribution in [2.75, 3.05) is 18.1 Å². The van der Waals surface area contributed by atoms with Gasteiger partial charge in [0.15, 0.2) is 0 Å². The van der Waals surface area contributed by atoms with E-state index in [1.165, 1.54) is 0 Å². The summed E-state index contributed by atoms with van der Waals surface area (Å²) in [5, 5.41) is 11.8. The number of nitrogens with zero attached hydrogens (tertiary/aromatic N) is 3. The Morgan fingerprint density at radius 1 is 1.35 bits per heavy atom. The van der Waals surface area contributed by atoms with Gasteiger partial charge < -0.3 is 16.2 Å². The lowest BCUT2D eigenvalue weighted by Gasteiger charge is -2.05. The molecule has 0 aliphatic carbocycles. The molecule has 2 heterocycles. The lowest BCUT2D eigenvalue weighted by Crippen LogP contribution is -2.01. The first-order valence-electron chi connectivity index (χ1n) is 5.11. The van der Waals surface area contributed by atoms with Crippen LogP contribution < -0.4 is 11.1 Å². The maximum atomic E-state index is 8.91. The van der Waals surface area contributed by atoms with Gasteiger partial charge in [-0.15, -0.1) is 0 Å². The molecule has 2 aromatic heterocycles. The Morgan fingerprint density at radius 3 is 2.76 bits per heavy atom. The summed E-state index contributed by atoms with van der Waals surface area (Å²) in [6, 6.07) is 5.36. The molecule has 0 unspecified atom stereocenters. The number of aromatic nitrogens is 3. The zero-order valence-corrected chi connectivity index (χ0v) is 9.38. The van der Waals surface area contributed by atoms with Crippen molar-refractivity contribution >= 4 is 11.8 Å². The number of aliphatic hydroxyl groups excluding tert-OH is 1. The first-order chi connectivity index (χ1) is 8.22. The molecule has 17 heavy (non-hydrogen) atoms. The zero-order chi connectivity index (χ0) is 12.3. The van der Waals surface area contributed by atoms with Gasteiger partial charge in [-0.25, -0.2) is 4.98 Å². The van der Waals surface area contributed by atoms with E-state index in [9.17, 15) is 0 Å². The van der Waals surface area contributed by atoms with Crippen molar-refractivity contribution < 1.29 is 5.11 Å². The second-order valence-corrected chi connectivity index (χ2v) is 3.44. The molecule has 88 valence electrons. The van der Waals surface area contributed by atoms with E-state index >= 15 is 0 Å². The predicted octanol–water partition coefficient (Wildman–Crippen LogP) is 0.655. The van der Waals surface area contributed by atoms with Gasteiger partial charge in [-0.1, -0.05) is 0 Å². The number of nitrogens with two attached hydrogens (primary N) is 1. The van der Waals surface area contributed by atoms with Gasteiger partial charge in [0, 0.05) is 24.9 Å². The molecular formula is C11H13N5O. The Morgan fingerprint density at radius 2 is 2.18 bits per heavy atom. The summed E-state index contributed by atoms with van der Waals surface area (Å²) in [5.74, 6) is 0.858. The van der Waals surface area contributed by atoms with Crippen LogP contribution in [-0.2, 0) is 6.61 Å². The predicted molar refractivity (Wildman–Crippen MR) is 65.1 cm³/mol. The molecule has 0 amide bonds.